The average molecular weight is 414 g/mol. The van der Waals surface area contributed by atoms with E-state index >= 15 is 0 Å². The van der Waals surface area contributed by atoms with Crippen LogP contribution in [-0.4, -0.2) is 12.5 Å². The molecule has 1 N–H and O–H groups in total. The molecule has 0 bridgehead atoms. The summed E-state index contributed by atoms with van der Waals surface area (Å²) in [5, 5.41) is 3.75. The molecule has 2 rings (SSSR count). The minimum Gasteiger partial charge on any atom is -0.352 e. The molecule has 21 heavy (non-hydrogen) atoms. The smallest absolute Gasteiger partial charge is 0.252 e. The molecule has 0 saturated heterocycles. The lowest BCUT2D eigenvalue weighted by atomic mass is 10.1. The largest absolute Gasteiger partial charge is 0.352 e. The van der Waals surface area contributed by atoms with Crippen molar-refractivity contribution in [3.8, 4) is 0 Å². The molecule has 0 aliphatic heterocycles. The second kappa shape index (κ2) is 7.80. The minimum absolute atomic E-state index is 0.0152. The summed E-state index contributed by atoms with van der Waals surface area (Å²) in [4.78, 5) is 12.1. The van der Waals surface area contributed by atoms with Crippen LogP contribution in [0.15, 0.2) is 42.5 Å². The molecule has 0 atom stereocenters. The maximum absolute atomic E-state index is 12.1. The second-order valence-electron chi connectivity index (χ2n) is 4.93. The number of rotatable bonds is 5. The molecule has 0 saturated carbocycles. The minimum atomic E-state index is -0.0152. The third kappa shape index (κ3) is 4.71. The number of hydrogen-bond acceptors (Lipinski definition) is 1. The van der Waals surface area contributed by atoms with Gasteiger partial charge in [-0.1, -0.05) is 41.4 Å². The number of benzene rings is 2. The Labute approximate surface area is 144 Å². The van der Waals surface area contributed by atoms with Gasteiger partial charge in [0, 0.05) is 15.1 Å². The van der Waals surface area contributed by atoms with Gasteiger partial charge in [0.05, 0.1) is 5.56 Å². The first-order valence-corrected chi connectivity index (χ1v) is 8.31. The number of nitrogens with one attached hydrogen (secondary N) is 1. The first-order chi connectivity index (χ1) is 10.1. The van der Waals surface area contributed by atoms with Crippen LogP contribution in [-0.2, 0) is 6.42 Å². The molecule has 4 heteroatoms. The molecule has 0 spiro atoms. The van der Waals surface area contributed by atoms with Crippen LogP contribution in [0.5, 0.6) is 0 Å². The van der Waals surface area contributed by atoms with E-state index in [1.807, 2.05) is 49.4 Å². The Hall–Kier alpha value is -1.07. The van der Waals surface area contributed by atoms with E-state index < -0.39 is 0 Å². The normalized spacial score (nSPS) is 10.4. The molecular weight excluding hydrogens is 397 g/mol. The molecule has 2 aromatic carbocycles. The zero-order chi connectivity index (χ0) is 15.2. The van der Waals surface area contributed by atoms with Gasteiger partial charge >= 0.3 is 0 Å². The molecular formula is C17H17ClINO. The molecule has 110 valence electrons. The highest BCUT2D eigenvalue weighted by Crippen LogP contribution is 2.16. The van der Waals surface area contributed by atoms with Gasteiger partial charge in [0.1, 0.15) is 0 Å². The lowest BCUT2D eigenvalue weighted by Crippen LogP contribution is -2.25. The molecule has 0 aliphatic carbocycles. The summed E-state index contributed by atoms with van der Waals surface area (Å²) in [5.74, 6) is -0.0152. The number of halogens is 2. The lowest BCUT2D eigenvalue weighted by Gasteiger charge is -2.08. The number of amides is 1. The van der Waals surface area contributed by atoms with Crippen molar-refractivity contribution in [1.29, 1.82) is 0 Å². The zero-order valence-electron chi connectivity index (χ0n) is 11.8. The third-order valence-corrected chi connectivity index (χ3v) is 4.50. The number of aryl methyl sites for hydroxylation is 2. The van der Waals surface area contributed by atoms with Crippen LogP contribution in [0.4, 0.5) is 0 Å². The number of hydrogen-bond donors (Lipinski definition) is 1. The summed E-state index contributed by atoms with van der Waals surface area (Å²) in [5.41, 5.74) is 3.02. The fourth-order valence-corrected chi connectivity index (χ4v) is 3.23. The van der Waals surface area contributed by atoms with Crippen molar-refractivity contribution in [2.45, 2.75) is 19.8 Å². The van der Waals surface area contributed by atoms with E-state index in [1.165, 1.54) is 0 Å². The van der Waals surface area contributed by atoms with Gasteiger partial charge in [-0.2, -0.15) is 0 Å². The Kier molecular flexibility index (Phi) is 6.06. The van der Waals surface area contributed by atoms with Crippen molar-refractivity contribution in [3.63, 3.8) is 0 Å². The van der Waals surface area contributed by atoms with Crippen molar-refractivity contribution in [1.82, 2.24) is 5.32 Å². The van der Waals surface area contributed by atoms with Gasteiger partial charge in [-0.15, -0.1) is 0 Å². The second-order valence-corrected chi connectivity index (χ2v) is 6.50. The van der Waals surface area contributed by atoms with Crippen LogP contribution in [0.2, 0.25) is 5.02 Å². The summed E-state index contributed by atoms with van der Waals surface area (Å²) in [6.45, 7) is 2.67. The molecule has 2 aromatic rings. The fraction of sp³-hybridized carbons (Fsp3) is 0.235. The van der Waals surface area contributed by atoms with Crippen molar-refractivity contribution >= 4 is 40.1 Å². The third-order valence-electron chi connectivity index (χ3n) is 3.24. The summed E-state index contributed by atoms with van der Waals surface area (Å²) in [6, 6.07) is 13.7. The van der Waals surface area contributed by atoms with Crippen LogP contribution >= 0.6 is 34.2 Å². The standard InChI is InChI=1S/C17H17ClINO/c1-12-8-9-14(16(19)11-12)17(21)20-10-4-6-13-5-2-3-7-15(13)18/h2-3,5,7-9,11H,4,6,10H2,1H3,(H,20,21). The summed E-state index contributed by atoms with van der Waals surface area (Å²) < 4.78 is 0.983. The Balaban J connectivity index is 1.83. The van der Waals surface area contributed by atoms with E-state index in [1.54, 1.807) is 0 Å². The lowest BCUT2D eigenvalue weighted by molar-refractivity contribution is 0.0952. The molecule has 0 fully saturated rings. The van der Waals surface area contributed by atoms with Crippen molar-refractivity contribution in [2.24, 2.45) is 0 Å². The van der Waals surface area contributed by atoms with E-state index in [9.17, 15) is 4.79 Å². The van der Waals surface area contributed by atoms with Gasteiger partial charge < -0.3 is 5.32 Å². The van der Waals surface area contributed by atoms with E-state index in [4.69, 9.17) is 11.6 Å². The first-order valence-electron chi connectivity index (χ1n) is 6.85. The maximum atomic E-state index is 12.1. The topological polar surface area (TPSA) is 29.1 Å². The number of carbonyl (C=O) groups is 1. The first kappa shape index (κ1) is 16.3. The predicted octanol–water partition coefficient (Wildman–Crippen LogP) is 4.62. The van der Waals surface area contributed by atoms with Crippen molar-refractivity contribution in [2.75, 3.05) is 6.54 Å². The highest BCUT2D eigenvalue weighted by Gasteiger charge is 2.09. The molecule has 0 aromatic heterocycles. The Morgan fingerprint density at radius 2 is 2.00 bits per heavy atom. The molecule has 0 aliphatic rings. The Morgan fingerprint density at radius 3 is 2.71 bits per heavy atom. The van der Waals surface area contributed by atoms with Gasteiger partial charge in [0.2, 0.25) is 0 Å². The molecule has 2 nitrogen and oxygen atoms in total. The Bertz CT molecular complexity index is 642. The quantitative estimate of drug-likeness (QED) is 0.563. The van der Waals surface area contributed by atoms with Gasteiger partial charge in [-0.3, -0.25) is 4.79 Å². The molecule has 0 unspecified atom stereocenters. The van der Waals surface area contributed by atoms with E-state index in [0.717, 1.165) is 38.1 Å². The van der Waals surface area contributed by atoms with Crippen molar-refractivity contribution in [3.05, 3.63) is 67.7 Å². The van der Waals surface area contributed by atoms with Crippen LogP contribution in [0, 0.1) is 10.5 Å². The van der Waals surface area contributed by atoms with Gasteiger partial charge in [-0.25, -0.2) is 0 Å². The van der Waals surface area contributed by atoms with Crippen LogP contribution in [0.1, 0.15) is 27.9 Å². The van der Waals surface area contributed by atoms with Crippen LogP contribution < -0.4 is 5.32 Å². The van der Waals surface area contributed by atoms with E-state index in [-0.39, 0.29) is 5.91 Å². The van der Waals surface area contributed by atoms with Gasteiger partial charge in [-0.05, 0) is 66.1 Å². The molecule has 0 radical (unpaired) electrons. The highest BCUT2D eigenvalue weighted by molar-refractivity contribution is 14.1. The van der Waals surface area contributed by atoms with Crippen LogP contribution in [0.3, 0.4) is 0 Å². The fourth-order valence-electron chi connectivity index (χ4n) is 2.08. The molecule has 1 amide bonds. The summed E-state index contributed by atoms with van der Waals surface area (Å²) >= 11 is 8.31. The van der Waals surface area contributed by atoms with Crippen molar-refractivity contribution < 1.29 is 4.79 Å². The van der Waals surface area contributed by atoms with Gasteiger partial charge in [0.15, 0.2) is 0 Å². The van der Waals surface area contributed by atoms with Gasteiger partial charge in [0.25, 0.3) is 5.91 Å². The number of carbonyl (C=O) groups excluding carboxylic acids is 1. The molecule has 0 heterocycles. The monoisotopic (exact) mass is 413 g/mol. The predicted molar refractivity (Wildman–Crippen MR) is 96.0 cm³/mol. The summed E-state index contributed by atoms with van der Waals surface area (Å²) in [6.07, 6.45) is 1.74. The Morgan fingerprint density at radius 1 is 1.24 bits per heavy atom. The van der Waals surface area contributed by atoms with E-state index in [2.05, 4.69) is 27.9 Å². The summed E-state index contributed by atoms with van der Waals surface area (Å²) in [7, 11) is 0. The highest BCUT2D eigenvalue weighted by atomic mass is 127. The SMILES string of the molecule is Cc1ccc(C(=O)NCCCc2ccccc2Cl)c(I)c1. The zero-order valence-corrected chi connectivity index (χ0v) is 14.7. The maximum Gasteiger partial charge on any atom is 0.252 e. The average Bonchev–Trinajstić information content (AvgIpc) is 2.45. The van der Waals surface area contributed by atoms with Crippen LogP contribution in [0.25, 0.3) is 0 Å². The van der Waals surface area contributed by atoms with E-state index in [0.29, 0.717) is 6.54 Å².